The zero-order chi connectivity index (χ0) is 10.3. The quantitative estimate of drug-likeness (QED) is 0.560. The number of rotatable bonds is 1. The standard InChI is InChI=1S/C9H15NO3S/c1-4-10-7-6(14-4)2-5(3-11)8(12)9(7)13/h5-9,11-13H,2-3H2,1H3/t5-,6-,7-,8-,9-/m1/s1. The molecule has 14 heavy (non-hydrogen) atoms. The molecule has 2 aliphatic rings. The van der Waals surface area contributed by atoms with Crippen molar-refractivity contribution in [2.45, 2.75) is 36.8 Å². The van der Waals surface area contributed by atoms with Crippen LogP contribution < -0.4 is 0 Å². The molecule has 1 fully saturated rings. The van der Waals surface area contributed by atoms with Crippen LogP contribution in [-0.2, 0) is 0 Å². The summed E-state index contributed by atoms with van der Waals surface area (Å²) in [5.74, 6) is -0.208. The predicted molar refractivity (Wildman–Crippen MR) is 55.5 cm³/mol. The van der Waals surface area contributed by atoms with E-state index in [-0.39, 0.29) is 23.8 Å². The molecule has 4 nitrogen and oxygen atoms in total. The third kappa shape index (κ3) is 1.58. The molecule has 2 rings (SSSR count). The van der Waals surface area contributed by atoms with E-state index in [0.29, 0.717) is 0 Å². The summed E-state index contributed by atoms with van der Waals surface area (Å²) < 4.78 is 0. The van der Waals surface area contributed by atoms with E-state index in [4.69, 9.17) is 5.11 Å². The maximum Gasteiger partial charge on any atom is 0.104 e. The number of aliphatic hydroxyl groups excluding tert-OH is 3. The first kappa shape index (κ1) is 10.4. The molecule has 5 heteroatoms. The van der Waals surface area contributed by atoms with E-state index < -0.39 is 12.2 Å². The van der Waals surface area contributed by atoms with Crippen molar-refractivity contribution >= 4 is 16.8 Å². The minimum Gasteiger partial charge on any atom is -0.396 e. The van der Waals surface area contributed by atoms with Gasteiger partial charge in [-0.25, -0.2) is 0 Å². The van der Waals surface area contributed by atoms with E-state index in [1.807, 2.05) is 6.92 Å². The molecule has 0 aromatic carbocycles. The zero-order valence-corrected chi connectivity index (χ0v) is 8.81. The maximum atomic E-state index is 9.79. The fraction of sp³-hybridized carbons (Fsp3) is 0.889. The van der Waals surface area contributed by atoms with Crippen LogP contribution >= 0.6 is 11.8 Å². The van der Waals surface area contributed by atoms with Gasteiger partial charge in [-0.2, -0.15) is 0 Å². The van der Waals surface area contributed by atoms with Gasteiger partial charge in [-0.1, -0.05) is 0 Å². The summed E-state index contributed by atoms with van der Waals surface area (Å²) in [7, 11) is 0. The van der Waals surface area contributed by atoms with Gasteiger partial charge in [0.1, 0.15) is 6.10 Å². The molecule has 3 N–H and O–H groups in total. The Labute approximate surface area is 87.0 Å². The Balaban J connectivity index is 2.14. The van der Waals surface area contributed by atoms with Gasteiger partial charge in [0.05, 0.1) is 17.2 Å². The largest absolute Gasteiger partial charge is 0.396 e. The molecule has 0 amide bonds. The van der Waals surface area contributed by atoms with Gasteiger partial charge in [0.2, 0.25) is 0 Å². The summed E-state index contributed by atoms with van der Waals surface area (Å²) in [4.78, 5) is 4.30. The molecule has 1 aliphatic heterocycles. The van der Waals surface area contributed by atoms with Crippen molar-refractivity contribution in [2.24, 2.45) is 10.9 Å². The second kappa shape index (κ2) is 3.81. The molecule has 0 spiro atoms. The number of aliphatic imine (C=N–C) groups is 1. The molecule has 1 heterocycles. The number of aliphatic hydroxyl groups is 3. The highest BCUT2D eigenvalue weighted by molar-refractivity contribution is 8.14. The average Bonchev–Trinajstić information content (AvgIpc) is 2.52. The van der Waals surface area contributed by atoms with Crippen LogP contribution in [0.1, 0.15) is 13.3 Å². The van der Waals surface area contributed by atoms with Gasteiger partial charge in [0, 0.05) is 17.8 Å². The van der Waals surface area contributed by atoms with Crippen LogP contribution in [0.2, 0.25) is 0 Å². The lowest BCUT2D eigenvalue weighted by Gasteiger charge is -2.37. The van der Waals surface area contributed by atoms with Gasteiger partial charge in [-0.05, 0) is 13.3 Å². The number of hydrogen-bond donors (Lipinski definition) is 3. The number of hydrogen-bond acceptors (Lipinski definition) is 5. The van der Waals surface area contributed by atoms with Gasteiger partial charge in [0.25, 0.3) is 0 Å². The Bertz CT molecular complexity index is 258. The predicted octanol–water partition coefficient (Wildman–Crippen LogP) is -0.377. The van der Waals surface area contributed by atoms with Gasteiger partial charge in [-0.15, -0.1) is 11.8 Å². The van der Waals surface area contributed by atoms with Crippen molar-refractivity contribution in [3.63, 3.8) is 0 Å². The molecule has 0 radical (unpaired) electrons. The van der Waals surface area contributed by atoms with Gasteiger partial charge in [0.15, 0.2) is 0 Å². The maximum absolute atomic E-state index is 9.79. The number of thioether (sulfide) groups is 1. The summed E-state index contributed by atoms with van der Waals surface area (Å²) in [6.07, 6.45) is -0.933. The first-order chi connectivity index (χ1) is 6.63. The van der Waals surface area contributed by atoms with Crippen molar-refractivity contribution in [2.75, 3.05) is 6.61 Å². The summed E-state index contributed by atoms with van der Waals surface area (Å²) in [5, 5.41) is 29.7. The highest BCUT2D eigenvalue weighted by atomic mass is 32.2. The second-order valence-corrected chi connectivity index (χ2v) is 5.39. The van der Waals surface area contributed by atoms with Crippen LogP contribution in [-0.4, -0.2) is 50.5 Å². The molecule has 1 saturated carbocycles. The lowest BCUT2D eigenvalue weighted by Crippen LogP contribution is -2.51. The van der Waals surface area contributed by atoms with Crippen molar-refractivity contribution in [1.29, 1.82) is 0 Å². The van der Waals surface area contributed by atoms with Crippen molar-refractivity contribution in [1.82, 2.24) is 0 Å². The highest BCUT2D eigenvalue weighted by Gasteiger charge is 2.45. The molecule has 0 unspecified atom stereocenters. The first-order valence-electron chi connectivity index (χ1n) is 4.81. The van der Waals surface area contributed by atoms with Gasteiger partial charge < -0.3 is 15.3 Å². The lowest BCUT2D eigenvalue weighted by atomic mass is 9.81. The summed E-state index contributed by atoms with van der Waals surface area (Å²) >= 11 is 1.64. The molecule has 80 valence electrons. The molecule has 0 aromatic heterocycles. The Morgan fingerprint density at radius 2 is 2.14 bits per heavy atom. The van der Waals surface area contributed by atoms with E-state index in [2.05, 4.69) is 4.99 Å². The minimum absolute atomic E-state index is 0.0684. The smallest absolute Gasteiger partial charge is 0.104 e. The number of fused-ring (bicyclic) bond motifs is 1. The molecule has 0 bridgehead atoms. The Kier molecular flexibility index (Phi) is 2.83. The first-order valence-corrected chi connectivity index (χ1v) is 5.69. The summed E-state index contributed by atoms with van der Waals surface area (Å²) in [6.45, 7) is 1.84. The molecule has 0 saturated heterocycles. The van der Waals surface area contributed by atoms with Crippen molar-refractivity contribution in [3.05, 3.63) is 0 Å². The third-order valence-corrected chi connectivity index (χ3v) is 4.21. The topological polar surface area (TPSA) is 73.1 Å². The van der Waals surface area contributed by atoms with Crippen LogP contribution in [0.5, 0.6) is 0 Å². The normalized spacial score (nSPS) is 47.4. The molecule has 1 aliphatic carbocycles. The monoisotopic (exact) mass is 217 g/mol. The van der Waals surface area contributed by atoms with Gasteiger partial charge >= 0.3 is 0 Å². The zero-order valence-electron chi connectivity index (χ0n) is 8.00. The third-order valence-electron chi connectivity index (χ3n) is 2.99. The van der Waals surface area contributed by atoms with E-state index in [1.165, 1.54) is 0 Å². The number of nitrogens with zero attached hydrogens (tertiary/aromatic N) is 1. The Morgan fingerprint density at radius 3 is 2.79 bits per heavy atom. The van der Waals surface area contributed by atoms with Crippen LogP contribution in [0.3, 0.4) is 0 Å². The SMILES string of the molecule is CC1=N[C@H]2[C@@H](O)[C@H](O)[C@@H](CO)C[C@H]2S1. The highest BCUT2D eigenvalue weighted by Crippen LogP contribution is 2.39. The Morgan fingerprint density at radius 1 is 1.43 bits per heavy atom. The minimum atomic E-state index is -0.837. The van der Waals surface area contributed by atoms with E-state index in [9.17, 15) is 10.2 Å². The summed E-state index contributed by atoms with van der Waals surface area (Å²) in [5.41, 5.74) is 0. The lowest BCUT2D eigenvalue weighted by molar-refractivity contribution is -0.0646. The van der Waals surface area contributed by atoms with Crippen LogP contribution in [0.15, 0.2) is 4.99 Å². The van der Waals surface area contributed by atoms with Gasteiger partial charge in [-0.3, -0.25) is 4.99 Å². The Hall–Kier alpha value is -0.100. The molecular formula is C9H15NO3S. The summed E-state index contributed by atoms with van der Waals surface area (Å²) in [6, 6.07) is -0.183. The fourth-order valence-corrected chi connectivity index (χ4v) is 3.52. The van der Waals surface area contributed by atoms with E-state index >= 15 is 0 Å². The second-order valence-electron chi connectivity index (χ2n) is 3.95. The average molecular weight is 217 g/mol. The van der Waals surface area contributed by atoms with E-state index in [0.717, 1.165) is 11.5 Å². The molecule has 0 aromatic rings. The molecular weight excluding hydrogens is 202 g/mol. The van der Waals surface area contributed by atoms with Crippen LogP contribution in [0.4, 0.5) is 0 Å². The van der Waals surface area contributed by atoms with E-state index in [1.54, 1.807) is 11.8 Å². The van der Waals surface area contributed by atoms with Crippen LogP contribution in [0, 0.1) is 5.92 Å². The fourth-order valence-electron chi connectivity index (χ4n) is 2.20. The van der Waals surface area contributed by atoms with Crippen molar-refractivity contribution < 1.29 is 15.3 Å². The molecule has 5 atom stereocenters. The van der Waals surface area contributed by atoms with Crippen LogP contribution in [0.25, 0.3) is 0 Å². The van der Waals surface area contributed by atoms with Crippen molar-refractivity contribution in [3.8, 4) is 0 Å².